The highest BCUT2D eigenvalue weighted by atomic mass is 16.5. The van der Waals surface area contributed by atoms with Crippen LogP contribution in [0.25, 0.3) is 0 Å². The summed E-state index contributed by atoms with van der Waals surface area (Å²) < 4.78 is 5.06. The number of rotatable bonds is 3. The minimum atomic E-state index is -0.244. The Morgan fingerprint density at radius 3 is 2.54 bits per heavy atom. The van der Waals surface area contributed by atoms with Gasteiger partial charge >= 0.3 is 0 Å². The van der Waals surface area contributed by atoms with Crippen LogP contribution in [0.5, 0.6) is 11.5 Å². The standard InChI is InChI=1S/C9H13NO3/c1-13-9(5-10)6-2-3-7(11)8(12)4-6/h2-4,9,11-12H,5,10H2,1H3/t9-/m0/s1. The first-order valence-electron chi connectivity index (χ1n) is 3.93. The summed E-state index contributed by atoms with van der Waals surface area (Å²) in [5, 5.41) is 18.2. The molecule has 13 heavy (non-hydrogen) atoms. The van der Waals surface area contributed by atoms with Crippen LogP contribution in [0.3, 0.4) is 0 Å². The van der Waals surface area contributed by atoms with Gasteiger partial charge in [-0.25, -0.2) is 0 Å². The first-order valence-corrected chi connectivity index (χ1v) is 3.93. The molecule has 0 bridgehead atoms. The second kappa shape index (κ2) is 4.11. The maximum Gasteiger partial charge on any atom is 0.157 e. The van der Waals surface area contributed by atoms with Crippen LogP contribution in [0, 0.1) is 0 Å². The average molecular weight is 183 g/mol. The van der Waals surface area contributed by atoms with Crippen molar-refractivity contribution in [1.29, 1.82) is 0 Å². The number of methoxy groups -OCH3 is 1. The number of aromatic hydroxyl groups is 2. The smallest absolute Gasteiger partial charge is 0.157 e. The Labute approximate surface area is 76.6 Å². The van der Waals surface area contributed by atoms with E-state index in [-0.39, 0.29) is 17.6 Å². The third-order valence-electron chi connectivity index (χ3n) is 1.87. The summed E-state index contributed by atoms with van der Waals surface area (Å²) >= 11 is 0. The number of phenols is 2. The van der Waals surface area contributed by atoms with Gasteiger partial charge in [0.05, 0.1) is 6.10 Å². The van der Waals surface area contributed by atoms with Crippen molar-refractivity contribution in [3.8, 4) is 11.5 Å². The number of ether oxygens (including phenoxy) is 1. The molecular formula is C9H13NO3. The Bertz CT molecular complexity index is 284. The topological polar surface area (TPSA) is 75.7 Å². The number of hydrogen-bond acceptors (Lipinski definition) is 4. The Balaban J connectivity index is 2.95. The average Bonchev–Trinajstić information content (AvgIpc) is 2.13. The molecule has 0 saturated carbocycles. The van der Waals surface area contributed by atoms with E-state index in [9.17, 15) is 5.11 Å². The fourth-order valence-corrected chi connectivity index (χ4v) is 1.11. The highest BCUT2D eigenvalue weighted by Crippen LogP contribution is 2.28. The van der Waals surface area contributed by atoms with Crippen molar-refractivity contribution >= 4 is 0 Å². The van der Waals surface area contributed by atoms with Crippen molar-refractivity contribution in [2.45, 2.75) is 6.10 Å². The van der Waals surface area contributed by atoms with Crippen molar-refractivity contribution in [2.24, 2.45) is 5.73 Å². The second-order valence-electron chi connectivity index (χ2n) is 2.71. The van der Waals surface area contributed by atoms with Crippen molar-refractivity contribution < 1.29 is 14.9 Å². The minimum absolute atomic E-state index is 0.143. The maximum absolute atomic E-state index is 9.19. The van der Waals surface area contributed by atoms with Crippen molar-refractivity contribution in [3.63, 3.8) is 0 Å². The van der Waals surface area contributed by atoms with Crippen molar-refractivity contribution in [1.82, 2.24) is 0 Å². The zero-order valence-corrected chi connectivity index (χ0v) is 7.40. The van der Waals surface area contributed by atoms with Gasteiger partial charge in [-0.15, -0.1) is 0 Å². The lowest BCUT2D eigenvalue weighted by atomic mass is 10.1. The first kappa shape index (κ1) is 9.83. The summed E-state index contributed by atoms with van der Waals surface area (Å²) in [6, 6.07) is 4.51. The largest absolute Gasteiger partial charge is 0.504 e. The van der Waals surface area contributed by atoms with Gasteiger partial charge in [-0.05, 0) is 17.7 Å². The summed E-state index contributed by atoms with van der Waals surface area (Å²) in [5.41, 5.74) is 6.18. The van der Waals surface area contributed by atoms with Crippen LogP contribution in [-0.4, -0.2) is 23.9 Å². The van der Waals surface area contributed by atoms with Crippen LogP contribution in [0.1, 0.15) is 11.7 Å². The molecular weight excluding hydrogens is 170 g/mol. The van der Waals surface area contributed by atoms with E-state index in [1.165, 1.54) is 12.1 Å². The SMILES string of the molecule is CO[C@@H](CN)c1ccc(O)c(O)c1. The number of phenolic OH excluding ortho intramolecular Hbond substituents is 2. The van der Waals surface area contributed by atoms with Crippen LogP contribution in [-0.2, 0) is 4.74 Å². The van der Waals surface area contributed by atoms with Crippen LogP contribution >= 0.6 is 0 Å². The molecule has 1 aromatic rings. The number of hydrogen-bond donors (Lipinski definition) is 3. The highest BCUT2D eigenvalue weighted by Gasteiger charge is 2.09. The molecule has 1 atom stereocenters. The maximum atomic E-state index is 9.19. The molecule has 0 radical (unpaired) electrons. The van der Waals surface area contributed by atoms with Gasteiger partial charge in [-0.1, -0.05) is 6.07 Å². The summed E-state index contributed by atoms with van der Waals surface area (Å²) in [5.74, 6) is -0.302. The molecule has 0 aliphatic rings. The van der Waals surface area contributed by atoms with Gasteiger partial charge in [-0.3, -0.25) is 0 Å². The third-order valence-corrected chi connectivity index (χ3v) is 1.87. The monoisotopic (exact) mass is 183 g/mol. The molecule has 4 heteroatoms. The zero-order valence-electron chi connectivity index (χ0n) is 7.40. The van der Waals surface area contributed by atoms with E-state index < -0.39 is 0 Å². The normalized spacial score (nSPS) is 12.8. The van der Waals surface area contributed by atoms with Gasteiger partial charge < -0.3 is 20.7 Å². The van der Waals surface area contributed by atoms with Crippen molar-refractivity contribution in [3.05, 3.63) is 23.8 Å². The number of nitrogens with two attached hydrogens (primary N) is 1. The summed E-state index contributed by atoms with van der Waals surface area (Å²) in [6.07, 6.45) is -0.244. The molecule has 4 N–H and O–H groups in total. The van der Waals surface area contributed by atoms with Crippen molar-refractivity contribution in [2.75, 3.05) is 13.7 Å². The molecule has 0 heterocycles. The van der Waals surface area contributed by atoms with Gasteiger partial charge in [0.15, 0.2) is 11.5 Å². The molecule has 0 amide bonds. The second-order valence-corrected chi connectivity index (χ2v) is 2.71. The molecule has 1 aromatic carbocycles. The molecule has 0 aliphatic heterocycles. The van der Waals surface area contributed by atoms with Gasteiger partial charge in [0, 0.05) is 13.7 Å². The molecule has 0 aromatic heterocycles. The fourth-order valence-electron chi connectivity index (χ4n) is 1.11. The molecule has 0 spiro atoms. The van der Waals surface area contributed by atoms with Gasteiger partial charge in [-0.2, -0.15) is 0 Å². The Kier molecular flexibility index (Phi) is 3.11. The predicted octanol–water partition coefficient (Wildman–Crippen LogP) is 0.744. The minimum Gasteiger partial charge on any atom is -0.504 e. The quantitative estimate of drug-likeness (QED) is 0.604. The Hall–Kier alpha value is -1.26. The molecule has 1 rings (SSSR count). The number of benzene rings is 1. The van der Waals surface area contributed by atoms with E-state index in [1.54, 1.807) is 13.2 Å². The van der Waals surface area contributed by atoms with Gasteiger partial charge in [0.1, 0.15) is 0 Å². The van der Waals surface area contributed by atoms with E-state index in [0.29, 0.717) is 6.54 Å². The summed E-state index contributed by atoms with van der Waals surface area (Å²) in [7, 11) is 1.54. The van der Waals surface area contributed by atoms with E-state index in [2.05, 4.69) is 0 Å². The van der Waals surface area contributed by atoms with Crippen LogP contribution in [0.2, 0.25) is 0 Å². The molecule has 0 saturated heterocycles. The Morgan fingerprint density at radius 2 is 2.08 bits per heavy atom. The van der Waals surface area contributed by atoms with E-state index in [0.717, 1.165) is 5.56 Å². The molecule has 72 valence electrons. The van der Waals surface area contributed by atoms with Gasteiger partial charge in [0.2, 0.25) is 0 Å². The lowest BCUT2D eigenvalue weighted by Crippen LogP contribution is -2.13. The Morgan fingerprint density at radius 1 is 1.38 bits per heavy atom. The van der Waals surface area contributed by atoms with E-state index >= 15 is 0 Å². The fraction of sp³-hybridized carbons (Fsp3) is 0.333. The van der Waals surface area contributed by atoms with Crippen LogP contribution < -0.4 is 5.73 Å². The van der Waals surface area contributed by atoms with Gasteiger partial charge in [0.25, 0.3) is 0 Å². The molecule has 0 unspecified atom stereocenters. The molecule has 0 aliphatic carbocycles. The lowest BCUT2D eigenvalue weighted by molar-refractivity contribution is 0.110. The highest BCUT2D eigenvalue weighted by molar-refractivity contribution is 5.41. The van der Waals surface area contributed by atoms with E-state index in [1.807, 2.05) is 0 Å². The predicted molar refractivity (Wildman–Crippen MR) is 48.6 cm³/mol. The molecule has 4 nitrogen and oxygen atoms in total. The zero-order chi connectivity index (χ0) is 9.84. The summed E-state index contributed by atoms with van der Waals surface area (Å²) in [6.45, 7) is 0.334. The van der Waals surface area contributed by atoms with Crippen LogP contribution in [0.4, 0.5) is 0 Å². The summed E-state index contributed by atoms with van der Waals surface area (Å²) in [4.78, 5) is 0. The first-order chi connectivity index (χ1) is 6.19. The molecule has 0 fully saturated rings. The van der Waals surface area contributed by atoms with Crippen LogP contribution in [0.15, 0.2) is 18.2 Å². The lowest BCUT2D eigenvalue weighted by Gasteiger charge is -2.13. The third kappa shape index (κ3) is 2.11. The van der Waals surface area contributed by atoms with E-state index in [4.69, 9.17) is 15.6 Å².